The minimum absolute atomic E-state index is 0.0373. The average Bonchev–Trinajstić information content (AvgIpc) is 2.85. The van der Waals surface area contributed by atoms with E-state index in [0.717, 1.165) is 24.3 Å². The number of nitrogens with zero attached hydrogens (tertiary/aromatic N) is 3. The van der Waals surface area contributed by atoms with Crippen LogP contribution in [0.4, 0.5) is 11.4 Å². The van der Waals surface area contributed by atoms with Gasteiger partial charge in [0.25, 0.3) is 5.91 Å². The van der Waals surface area contributed by atoms with E-state index in [2.05, 4.69) is 10.4 Å². The molecule has 0 spiro atoms. The third-order valence-corrected chi connectivity index (χ3v) is 3.33. The average molecular weight is 287 g/mol. The van der Waals surface area contributed by atoms with Crippen LogP contribution in [-0.4, -0.2) is 41.2 Å². The van der Waals surface area contributed by atoms with Gasteiger partial charge >= 0.3 is 0 Å². The molecule has 6 heteroatoms. The van der Waals surface area contributed by atoms with Crippen molar-refractivity contribution in [2.45, 2.75) is 6.42 Å². The zero-order valence-electron chi connectivity index (χ0n) is 12.6. The first-order valence-corrected chi connectivity index (χ1v) is 6.81. The van der Waals surface area contributed by atoms with Crippen molar-refractivity contribution in [2.24, 2.45) is 7.05 Å². The Labute approximate surface area is 124 Å². The number of rotatable bonds is 5. The quantitative estimate of drug-likeness (QED) is 0.814. The van der Waals surface area contributed by atoms with Crippen LogP contribution < -0.4 is 11.1 Å². The smallest absolute Gasteiger partial charge is 0.253 e. The second-order valence-electron chi connectivity index (χ2n) is 5.12. The van der Waals surface area contributed by atoms with Crippen molar-refractivity contribution in [3.63, 3.8) is 0 Å². The van der Waals surface area contributed by atoms with Gasteiger partial charge in [0.1, 0.15) is 0 Å². The van der Waals surface area contributed by atoms with E-state index >= 15 is 0 Å². The van der Waals surface area contributed by atoms with Crippen LogP contribution >= 0.6 is 0 Å². The number of nitrogens with one attached hydrogen (secondary N) is 1. The Hall–Kier alpha value is -2.50. The van der Waals surface area contributed by atoms with Crippen molar-refractivity contribution in [3.05, 3.63) is 41.7 Å². The normalized spacial score (nSPS) is 10.4. The van der Waals surface area contributed by atoms with Gasteiger partial charge in [0.15, 0.2) is 0 Å². The molecule has 112 valence electrons. The van der Waals surface area contributed by atoms with E-state index in [0.29, 0.717) is 11.3 Å². The molecule has 0 atom stereocenters. The largest absolute Gasteiger partial charge is 0.397 e. The Morgan fingerprint density at radius 2 is 2.14 bits per heavy atom. The molecule has 6 nitrogen and oxygen atoms in total. The fraction of sp³-hybridized carbons (Fsp3) is 0.333. The zero-order valence-corrected chi connectivity index (χ0v) is 12.6. The molecule has 2 aromatic rings. The molecule has 0 aliphatic rings. The predicted octanol–water partition coefficient (Wildman–Crippen LogP) is 1.36. The first-order valence-electron chi connectivity index (χ1n) is 6.81. The van der Waals surface area contributed by atoms with E-state index in [4.69, 9.17) is 5.73 Å². The van der Waals surface area contributed by atoms with Crippen molar-refractivity contribution in [2.75, 3.05) is 31.7 Å². The molecule has 3 N–H and O–H groups in total. The molecular weight excluding hydrogens is 266 g/mol. The Bertz CT molecular complexity index is 633. The maximum absolute atomic E-state index is 12.0. The fourth-order valence-corrected chi connectivity index (χ4v) is 2.07. The lowest BCUT2D eigenvalue weighted by Crippen LogP contribution is -2.22. The molecule has 0 fully saturated rings. The van der Waals surface area contributed by atoms with Gasteiger partial charge in [-0.15, -0.1) is 0 Å². The summed E-state index contributed by atoms with van der Waals surface area (Å²) >= 11 is 0. The highest BCUT2D eigenvalue weighted by molar-refractivity contribution is 5.95. The van der Waals surface area contributed by atoms with Gasteiger partial charge in [-0.05, 0) is 24.3 Å². The first kappa shape index (κ1) is 14.9. The molecule has 0 bridgehead atoms. The highest BCUT2D eigenvalue weighted by Gasteiger charge is 2.10. The molecule has 1 aromatic heterocycles. The second-order valence-corrected chi connectivity index (χ2v) is 5.12. The van der Waals surface area contributed by atoms with Crippen LogP contribution in [-0.2, 0) is 13.5 Å². The van der Waals surface area contributed by atoms with Gasteiger partial charge in [0.2, 0.25) is 0 Å². The van der Waals surface area contributed by atoms with Crippen molar-refractivity contribution in [1.29, 1.82) is 0 Å². The molecule has 0 saturated carbocycles. The molecular formula is C15H21N5O. The highest BCUT2D eigenvalue weighted by atomic mass is 16.2. The minimum Gasteiger partial charge on any atom is -0.397 e. The predicted molar refractivity (Wildman–Crippen MR) is 84.3 cm³/mol. The Morgan fingerprint density at radius 1 is 1.38 bits per heavy atom. The number of aryl methyl sites for hydroxylation is 1. The van der Waals surface area contributed by atoms with Gasteiger partial charge in [-0.25, -0.2) is 0 Å². The van der Waals surface area contributed by atoms with E-state index in [1.165, 1.54) is 0 Å². The first-order chi connectivity index (χ1) is 9.99. The summed E-state index contributed by atoms with van der Waals surface area (Å²) in [7, 11) is 5.38. The molecule has 0 radical (unpaired) electrons. The summed E-state index contributed by atoms with van der Waals surface area (Å²) in [5.74, 6) is -0.0373. The Balaban J connectivity index is 2.04. The van der Waals surface area contributed by atoms with Crippen molar-refractivity contribution in [3.8, 4) is 0 Å². The molecule has 1 amide bonds. The second kappa shape index (κ2) is 6.30. The molecule has 1 aromatic carbocycles. The third kappa shape index (κ3) is 3.53. The number of aromatic nitrogens is 2. The summed E-state index contributed by atoms with van der Waals surface area (Å²) in [6.45, 7) is 0.726. The number of amides is 1. The van der Waals surface area contributed by atoms with Gasteiger partial charge in [0.05, 0.1) is 11.4 Å². The summed E-state index contributed by atoms with van der Waals surface area (Å²) < 4.78 is 1.84. The molecule has 0 unspecified atom stereocenters. The van der Waals surface area contributed by atoms with Gasteiger partial charge < -0.3 is 16.0 Å². The van der Waals surface area contributed by atoms with Gasteiger partial charge in [0, 0.05) is 51.6 Å². The highest BCUT2D eigenvalue weighted by Crippen LogP contribution is 2.20. The maximum atomic E-state index is 12.0. The molecule has 21 heavy (non-hydrogen) atoms. The van der Waals surface area contributed by atoms with E-state index < -0.39 is 0 Å². The van der Waals surface area contributed by atoms with Crippen LogP contribution in [0.5, 0.6) is 0 Å². The van der Waals surface area contributed by atoms with Gasteiger partial charge in [-0.3, -0.25) is 9.48 Å². The van der Waals surface area contributed by atoms with Crippen LogP contribution in [0.2, 0.25) is 0 Å². The van der Waals surface area contributed by atoms with E-state index in [9.17, 15) is 4.79 Å². The van der Waals surface area contributed by atoms with E-state index in [1.54, 1.807) is 43.4 Å². The maximum Gasteiger partial charge on any atom is 0.253 e. The van der Waals surface area contributed by atoms with Crippen LogP contribution in [0.25, 0.3) is 0 Å². The fourth-order valence-electron chi connectivity index (χ4n) is 2.07. The summed E-state index contributed by atoms with van der Waals surface area (Å²) in [6.07, 6.45) is 2.61. The number of nitrogen functional groups attached to an aromatic ring is 1. The van der Waals surface area contributed by atoms with Crippen LogP contribution in [0.1, 0.15) is 16.1 Å². The zero-order chi connectivity index (χ0) is 15.4. The number of hydrogen-bond donors (Lipinski definition) is 2. The number of hydrogen-bond acceptors (Lipinski definition) is 4. The number of nitrogens with two attached hydrogens (primary N) is 1. The third-order valence-electron chi connectivity index (χ3n) is 3.33. The lowest BCUT2D eigenvalue weighted by molar-refractivity contribution is 0.0827. The monoisotopic (exact) mass is 287 g/mol. The number of carbonyl (C=O) groups is 1. The van der Waals surface area contributed by atoms with Crippen LogP contribution in [0.3, 0.4) is 0 Å². The SMILES string of the molecule is CN(C)C(=O)c1ccc(N)c(NCCc2ccnn2C)c1. The van der Waals surface area contributed by atoms with Crippen LogP contribution in [0.15, 0.2) is 30.5 Å². The molecule has 2 rings (SSSR count). The lowest BCUT2D eigenvalue weighted by Gasteiger charge is -2.14. The number of carbonyl (C=O) groups excluding carboxylic acids is 1. The summed E-state index contributed by atoms with van der Waals surface area (Å²) in [5.41, 5.74) is 9.13. The van der Waals surface area contributed by atoms with Crippen molar-refractivity contribution >= 4 is 17.3 Å². The molecule has 0 saturated heterocycles. The number of benzene rings is 1. The van der Waals surface area contributed by atoms with Gasteiger partial charge in [-0.2, -0.15) is 5.10 Å². The number of anilines is 2. The standard InChI is InChI=1S/C15H21N5O/c1-19(2)15(21)11-4-5-13(16)14(10-11)17-8-6-12-7-9-18-20(12)3/h4-5,7,9-10,17H,6,8,16H2,1-3H3. The van der Waals surface area contributed by atoms with E-state index in [1.807, 2.05) is 17.8 Å². The minimum atomic E-state index is -0.0373. The van der Waals surface area contributed by atoms with E-state index in [-0.39, 0.29) is 5.91 Å². The molecule has 0 aliphatic heterocycles. The topological polar surface area (TPSA) is 76.2 Å². The van der Waals surface area contributed by atoms with Gasteiger partial charge in [-0.1, -0.05) is 0 Å². The van der Waals surface area contributed by atoms with Crippen LogP contribution in [0, 0.1) is 0 Å². The summed E-state index contributed by atoms with van der Waals surface area (Å²) in [6, 6.07) is 7.27. The molecule has 1 heterocycles. The Kier molecular flexibility index (Phi) is 4.47. The summed E-state index contributed by atoms with van der Waals surface area (Å²) in [4.78, 5) is 13.5. The molecule has 0 aliphatic carbocycles. The summed E-state index contributed by atoms with van der Waals surface area (Å²) in [5, 5.41) is 7.41. The van der Waals surface area contributed by atoms with Crippen molar-refractivity contribution < 1.29 is 4.79 Å². The Morgan fingerprint density at radius 3 is 2.76 bits per heavy atom. The lowest BCUT2D eigenvalue weighted by atomic mass is 10.1. The van der Waals surface area contributed by atoms with Crippen molar-refractivity contribution in [1.82, 2.24) is 14.7 Å².